The molecule has 7 heteroatoms. The van der Waals surface area contributed by atoms with E-state index in [1.807, 2.05) is 91.0 Å². The van der Waals surface area contributed by atoms with E-state index in [9.17, 15) is 0 Å². The molecule has 1 heterocycles. The summed E-state index contributed by atoms with van der Waals surface area (Å²) < 4.78 is 5.96. The first-order chi connectivity index (χ1) is 18.2. The minimum absolute atomic E-state index is 0.0869. The standard InChI is InChI=1S/C30H22ClN5O/c31-24-16-6-5-15-23(24)29-27(35-33-25-17-7-11-19-9-1-3-13-21(19)25)28(30(32)37-29)36-34-26-18-8-12-20-10-2-4-14-22(20)26/h1-18,29,32-34H/b32-30?,35-27+,36-28+/t29-/m1/s1. The van der Waals surface area contributed by atoms with Gasteiger partial charge in [-0.15, -0.1) is 0 Å². The van der Waals surface area contributed by atoms with Crippen LogP contribution < -0.4 is 10.9 Å². The summed E-state index contributed by atoms with van der Waals surface area (Å²) >= 11 is 6.52. The van der Waals surface area contributed by atoms with Gasteiger partial charge in [0, 0.05) is 21.4 Å². The van der Waals surface area contributed by atoms with E-state index < -0.39 is 6.10 Å². The van der Waals surface area contributed by atoms with Crippen molar-refractivity contribution in [2.45, 2.75) is 6.10 Å². The van der Waals surface area contributed by atoms with Crippen molar-refractivity contribution in [2.24, 2.45) is 10.2 Å². The van der Waals surface area contributed by atoms with E-state index in [0.29, 0.717) is 22.0 Å². The van der Waals surface area contributed by atoms with Gasteiger partial charge in [-0.2, -0.15) is 10.2 Å². The van der Waals surface area contributed by atoms with Gasteiger partial charge in [-0.25, -0.2) is 0 Å². The minimum atomic E-state index is -0.684. The Hall–Kier alpha value is -4.68. The highest BCUT2D eigenvalue weighted by Crippen LogP contribution is 2.33. The highest BCUT2D eigenvalue weighted by atomic mass is 35.5. The number of anilines is 2. The fourth-order valence-electron chi connectivity index (χ4n) is 4.47. The van der Waals surface area contributed by atoms with E-state index in [1.54, 1.807) is 6.07 Å². The van der Waals surface area contributed by atoms with Crippen LogP contribution in [0.1, 0.15) is 11.7 Å². The molecule has 1 aliphatic rings. The van der Waals surface area contributed by atoms with Gasteiger partial charge in [-0.1, -0.05) is 103 Å². The van der Waals surface area contributed by atoms with Gasteiger partial charge >= 0.3 is 0 Å². The number of rotatable bonds is 5. The Labute approximate surface area is 218 Å². The molecule has 1 fully saturated rings. The molecule has 1 atom stereocenters. The normalized spacial score (nSPS) is 17.4. The monoisotopic (exact) mass is 503 g/mol. The first-order valence-corrected chi connectivity index (χ1v) is 12.2. The van der Waals surface area contributed by atoms with Crippen LogP contribution in [-0.4, -0.2) is 17.3 Å². The zero-order valence-corrected chi connectivity index (χ0v) is 20.4. The summed E-state index contributed by atoms with van der Waals surface area (Å²) in [6.07, 6.45) is -0.684. The van der Waals surface area contributed by atoms with Crippen molar-refractivity contribution in [3.8, 4) is 0 Å². The van der Waals surface area contributed by atoms with E-state index in [-0.39, 0.29) is 5.90 Å². The second kappa shape index (κ2) is 9.76. The van der Waals surface area contributed by atoms with Crippen LogP contribution in [0.5, 0.6) is 0 Å². The van der Waals surface area contributed by atoms with Gasteiger partial charge in [0.05, 0.1) is 11.4 Å². The van der Waals surface area contributed by atoms with Gasteiger partial charge in [0.1, 0.15) is 5.71 Å². The fraction of sp³-hybridized carbons (Fsp3) is 0.0333. The lowest BCUT2D eigenvalue weighted by Crippen LogP contribution is -2.20. The maximum absolute atomic E-state index is 8.58. The Morgan fingerprint density at radius 2 is 1.19 bits per heavy atom. The summed E-state index contributed by atoms with van der Waals surface area (Å²) in [6, 6.07) is 35.5. The molecule has 0 saturated carbocycles. The first kappa shape index (κ1) is 22.8. The lowest BCUT2D eigenvalue weighted by atomic mass is 10.0. The number of fused-ring (bicyclic) bond motifs is 2. The lowest BCUT2D eigenvalue weighted by molar-refractivity contribution is 0.275. The number of nitrogens with zero attached hydrogens (tertiary/aromatic N) is 2. The third kappa shape index (κ3) is 4.39. The van der Waals surface area contributed by atoms with Crippen LogP contribution in [0.2, 0.25) is 5.02 Å². The summed E-state index contributed by atoms with van der Waals surface area (Å²) in [6.45, 7) is 0. The average Bonchev–Trinajstić information content (AvgIpc) is 3.25. The van der Waals surface area contributed by atoms with Crippen molar-refractivity contribution >= 4 is 61.8 Å². The summed E-state index contributed by atoms with van der Waals surface area (Å²) in [5.41, 5.74) is 9.44. The highest BCUT2D eigenvalue weighted by molar-refractivity contribution is 6.70. The lowest BCUT2D eigenvalue weighted by Gasteiger charge is -2.13. The molecule has 0 bridgehead atoms. The zero-order chi connectivity index (χ0) is 25.2. The largest absolute Gasteiger partial charge is 0.461 e. The molecule has 0 spiro atoms. The summed E-state index contributed by atoms with van der Waals surface area (Å²) in [5, 5.41) is 22.7. The summed E-state index contributed by atoms with van der Waals surface area (Å²) in [4.78, 5) is 0. The van der Waals surface area contributed by atoms with Gasteiger partial charge in [0.15, 0.2) is 11.8 Å². The Morgan fingerprint density at radius 3 is 1.84 bits per heavy atom. The van der Waals surface area contributed by atoms with Crippen LogP contribution in [0.25, 0.3) is 21.5 Å². The maximum atomic E-state index is 8.58. The third-order valence-electron chi connectivity index (χ3n) is 6.29. The Morgan fingerprint density at radius 1 is 0.649 bits per heavy atom. The van der Waals surface area contributed by atoms with Gasteiger partial charge in [-0.05, 0) is 29.0 Å². The third-order valence-corrected chi connectivity index (χ3v) is 6.64. The molecule has 5 aromatic rings. The SMILES string of the molecule is N=C1O[C@H](c2ccccc2Cl)C(=N/Nc2cccc3ccccc23)/C1=N\Nc1cccc2ccccc12. The van der Waals surface area contributed by atoms with Crippen molar-refractivity contribution < 1.29 is 4.74 Å². The molecule has 0 unspecified atom stereocenters. The number of ether oxygens (including phenoxy) is 1. The van der Waals surface area contributed by atoms with Crippen molar-refractivity contribution in [3.05, 3.63) is 120 Å². The molecule has 5 aromatic carbocycles. The van der Waals surface area contributed by atoms with Crippen LogP contribution in [0.15, 0.2) is 119 Å². The molecule has 0 aromatic heterocycles. The van der Waals surface area contributed by atoms with Gasteiger partial charge < -0.3 is 4.74 Å². The minimum Gasteiger partial charge on any atom is -0.461 e. The molecule has 0 amide bonds. The van der Waals surface area contributed by atoms with Crippen LogP contribution in [0.4, 0.5) is 11.4 Å². The summed E-state index contributed by atoms with van der Waals surface area (Å²) in [5.74, 6) is -0.0869. The molecule has 6 nitrogen and oxygen atoms in total. The molecule has 3 N–H and O–H groups in total. The average molecular weight is 504 g/mol. The van der Waals surface area contributed by atoms with Gasteiger partial charge in [0.25, 0.3) is 0 Å². The molecular formula is C30H22ClN5O. The molecule has 1 aliphatic heterocycles. The predicted molar refractivity (Wildman–Crippen MR) is 153 cm³/mol. The smallest absolute Gasteiger partial charge is 0.237 e. The number of hydrogen-bond acceptors (Lipinski definition) is 6. The molecule has 1 saturated heterocycles. The number of benzene rings is 5. The molecule has 180 valence electrons. The molecule has 37 heavy (non-hydrogen) atoms. The summed E-state index contributed by atoms with van der Waals surface area (Å²) in [7, 11) is 0. The van der Waals surface area contributed by atoms with Crippen LogP contribution in [0.3, 0.4) is 0 Å². The predicted octanol–water partition coefficient (Wildman–Crippen LogP) is 7.63. The molecule has 6 rings (SSSR count). The zero-order valence-electron chi connectivity index (χ0n) is 19.7. The quantitative estimate of drug-likeness (QED) is 0.216. The van der Waals surface area contributed by atoms with Crippen molar-refractivity contribution in [1.29, 1.82) is 5.41 Å². The van der Waals surface area contributed by atoms with Crippen molar-refractivity contribution in [3.63, 3.8) is 0 Å². The van der Waals surface area contributed by atoms with Gasteiger partial charge in [-0.3, -0.25) is 16.3 Å². The van der Waals surface area contributed by atoms with E-state index in [0.717, 1.165) is 32.9 Å². The van der Waals surface area contributed by atoms with Crippen LogP contribution in [0, 0.1) is 5.41 Å². The molecule has 0 aliphatic carbocycles. The molecule has 0 radical (unpaired) electrons. The van der Waals surface area contributed by atoms with E-state index in [1.165, 1.54) is 0 Å². The highest BCUT2D eigenvalue weighted by Gasteiger charge is 2.38. The second-order valence-corrected chi connectivity index (χ2v) is 8.99. The fourth-order valence-corrected chi connectivity index (χ4v) is 4.71. The van der Waals surface area contributed by atoms with E-state index >= 15 is 0 Å². The van der Waals surface area contributed by atoms with Crippen molar-refractivity contribution in [2.75, 3.05) is 10.9 Å². The van der Waals surface area contributed by atoms with E-state index in [2.05, 4.69) is 28.1 Å². The number of hydrogen-bond donors (Lipinski definition) is 3. The first-order valence-electron chi connectivity index (χ1n) is 11.8. The van der Waals surface area contributed by atoms with Crippen LogP contribution >= 0.6 is 11.6 Å². The van der Waals surface area contributed by atoms with E-state index in [4.69, 9.17) is 26.8 Å². The second-order valence-electron chi connectivity index (χ2n) is 8.58. The Kier molecular flexibility index (Phi) is 6.00. The van der Waals surface area contributed by atoms with Gasteiger partial charge in [0.2, 0.25) is 5.90 Å². The maximum Gasteiger partial charge on any atom is 0.237 e. The number of halogens is 1. The number of hydrazone groups is 2. The Balaban J connectivity index is 1.42. The number of nitrogens with one attached hydrogen (secondary N) is 3. The Bertz CT molecular complexity index is 1700. The van der Waals surface area contributed by atoms with Crippen molar-refractivity contribution in [1.82, 2.24) is 0 Å². The molecular weight excluding hydrogens is 482 g/mol. The van der Waals surface area contributed by atoms with Crippen LogP contribution in [-0.2, 0) is 4.74 Å². The topological polar surface area (TPSA) is 81.9 Å².